The fourth-order valence-corrected chi connectivity index (χ4v) is 2.24. The highest BCUT2D eigenvalue weighted by Gasteiger charge is 2.16. The zero-order chi connectivity index (χ0) is 11.7. The molecule has 0 heteroatoms. The fourth-order valence-electron chi connectivity index (χ4n) is 2.24. The van der Waals surface area contributed by atoms with E-state index in [4.69, 9.17) is 0 Å². The van der Waals surface area contributed by atoms with Crippen LogP contribution in [0.25, 0.3) is 5.57 Å². The quantitative estimate of drug-likeness (QED) is 0.632. The molecule has 0 saturated heterocycles. The number of hydrogen-bond donors (Lipinski definition) is 0. The predicted molar refractivity (Wildman–Crippen MR) is 71.4 cm³/mol. The summed E-state index contributed by atoms with van der Waals surface area (Å²) < 4.78 is 0. The largest absolute Gasteiger partial charge is 0.0988 e. The van der Waals surface area contributed by atoms with Crippen LogP contribution in [0.5, 0.6) is 0 Å². The van der Waals surface area contributed by atoms with Gasteiger partial charge in [0.1, 0.15) is 0 Å². The van der Waals surface area contributed by atoms with Gasteiger partial charge in [0.05, 0.1) is 0 Å². The van der Waals surface area contributed by atoms with Crippen molar-refractivity contribution >= 4 is 5.57 Å². The summed E-state index contributed by atoms with van der Waals surface area (Å²) in [5.74, 6) is 0. The van der Waals surface area contributed by atoms with E-state index in [0.717, 1.165) is 6.42 Å². The van der Waals surface area contributed by atoms with Crippen LogP contribution >= 0.6 is 0 Å². The average molecular weight is 210 g/mol. The zero-order valence-corrected chi connectivity index (χ0v) is 10.3. The summed E-state index contributed by atoms with van der Waals surface area (Å²) in [5, 5.41) is 0. The first-order valence-corrected chi connectivity index (χ1v) is 5.72. The minimum atomic E-state index is 1.06. The van der Waals surface area contributed by atoms with Gasteiger partial charge < -0.3 is 0 Å². The lowest BCUT2D eigenvalue weighted by Crippen LogP contribution is -1.84. The van der Waals surface area contributed by atoms with Gasteiger partial charge in [0.15, 0.2) is 0 Å². The Morgan fingerprint density at radius 1 is 1.31 bits per heavy atom. The highest BCUT2D eigenvalue weighted by Crippen LogP contribution is 2.34. The van der Waals surface area contributed by atoms with Gasteiger partial charge in [-0.15, -0.1) is 0 Å². The molecular formula is C16H18. The van der Waals surface area contributed by atoms with Gasteiger partial charge >= 0.3 is 0 Å². The second-order valence-electron chi connectivity index (χ2n) is 4.58. The minimum Gasteiger partial charge on any atom is -0.0988 e. The Morgan fingerprint density at radius 2 is 2.06 bits per heavy atom. The first-order valence-electron chi connectivity index (χ1n) is 5.72. The lowest BCUT2D eigenvalue weighted by molar-refractivity contribution is 1.22. The molecule has 0 fully saturated rings. The molecule has 16 heavy (non-hydrogen) atoms. The van der Waals surface area contributed by atoms with E-state index in [-0.39, 0.29) is 0 Å². The van der Waals surface area contributed by atoms with E-state index in [1.165, 1.54) is 33.4 Å². The zero-order valence-electron chi connectivity index (χ0n) is 10.3. The van der Waals surface area contributed by atoms with Crippen LogP contribution in [0.2, 0.25) is 0 Å². The number of aryl methyl sites for hydroxylation is 1. The molecule has 0 saturated carbocycles. The molecule has 1 aromatic carbocycles. The van der Waals surface area contributed by atoms with Crippen molar-refractivity contribution in [3.8, 4) is 0 Å². The second-order valence-corrected chi connectivity index (χ2v) is 4.58. The van der Waals surface area contributed by atoms with E-state index < -0.39 is 0 Å². The van der Waals surface area contributed by atoms with Crippen LogP contribution in [0.3, 0.4) is 0 Å². The molecule has 0 aliphatic heterocycles. The van der Waals surface area contributed by atoms with Crippen LogP contribution in [-0.4, -0.2) is 0 Å². The van der Waals surface area contributed by atoms with Gasteiger partial charge in [-0.05, 0) is 49.5 Å². The molecule has 1 aliphatic rings. The summed E-state index contributed by atoms with van der Waals surface area (Å²) >= 11 is 0. The van der Waals surface area contributed by atoms with Crippen molar-refractivity contribution < 1.29 is 0 Å². The lowest BCUT2D eigenvalue weighted by Gasteiger charge is -2.01. The Bertz CT molecular complexity index is 499. The summed E-state index contributed by atoms with van der Waals surface area (Å²) in [6.45, 7) is 10.3. The highest BCUT2D eigenvalue weighted by atomic mass is 14.2. The van der Waals surface area contributed by atoms with E-state index in [9.17, 15) is 0 Å². The molecule has 0 heterocycles. The van der Waals surface area contributed by atoms with Crippen LogP contribution in [0.15, 0.2) is 48.1 Å². The van der Waals surface area contributed by atoms with Gasteiger partial charge in [0.25, 0.3) is 0 Å². The third-order valence-corrected chi connectivity index (χ3v) is 3.25. The van der Waals surface area contributed by atoms with Crippen molar-refractivity contribution in [1.29, 1.82) is 0 Å². The molecule has 1 aliphatic carbocycles. The molecule has 1 aromatic rings. The second kappa shape index (κ2) is 4.13. The SMILES string of the molecule is C=C/C(C)=C\C1=C(C)c2ccc(C)cc2C1. The molecule has 2 rings (SSSR count). The molecule has 0 amide bonds. The van der Waals surface area contributed by atoms with E-state index >= 15 is 0 Å². The predicted octanol–water partition coefficient (Wildman–Crippen LogP) is 4.46. The van der Waals surface area contributed by atoms with E-state index in [1.54, 1.807) is 0 Å². The molecule has 82 valence electrons. The van der Waals surface area contributed by atoms with Crippen molar-refractivity contribution in [2.75, 3.05) is 0 Å². The third kappa shape index (κ3) is 1.88. The van der Waals surface area contributed by atoms with Gasteiger partial charge in [0.2, 0.25) is 0 Å². The fraction of sp³-hybridized carbons (Fsp3) is 0.250. The number of hydrogen-bond acceptors (Lipinski definition) is 0. The van der Waals surface area contributed by atoms with Crippen molar-refractivity contribution in [3.63, 3.8) is 0 Å². The maximum absolute atomic E-state index is 3.80. The maximum Gasteiger partial charge on any atom is -0.00167 e. The first kappa shape index (κ1) is 10.9. The number of fused-ring (bicyclic) bond motifs is 1. The van der Waals surface area contributed by atoms with Gasteiger partial charge in [-0.3, -0.25) is 0 Å². The third-order valence-electron chi connectivity index (χ3n) is 3.25. The summed E-state index contributed by atoms with van der Waals surface area (Å²) in [6.07, 6.45) is 5.22. The van der Waals surface area contributed by atoms with E-state index in [2.05, 4.69) is 51.6 Å². The molecule has 0 radical (unpaired) electrons. The summed E-state index contributed by atoms with van der Waals surface area (Å²) in [6, 6.07) is 6.72. The van der Waals surface area contributed by atoms with Gasteiger partial charge in [-0.25, -0.2) is 0 Å². The molecule has 0 spiro atoms. The summed E-state index contributed by atoms with van der Waals surface area (Å²) in [4.78, 5) is 0. The van der Waals surface area contributed by atoms with Crippen LogP contribution in [0.4, 0.5) is 0 Å². The summed E-state index contributed by atoms with van der Waals surface area (Å²) in [7, 11) is 0. The number of rotatable bonds is 2. The van der Waals surface area contributed by atoms with Gasteiger partial charge in [-0.1, -0.05) is 48.1 Å². The maximum atomic E-state index is 3.80. The molecular weight excluding hydrogens is 192 g/mol. The van der Waals surface area contributed by atoms with Crippen LogP contribution in [0.1, 0.15) is 30.5 Å². The van der Waals surface area contributed by atoms with Crippen molar-refractivity contribution in [1.82, 2.24) is 0 Å². The number of benzene rings is 1. The Kier molecular flexibility index (Phi) is 2.82. The first-order chi connectivity index (χ1) is 7.61. The molecule has 0 N–H and O–H groups in total. The van der Waals surface area contributed by atoms with E-state index in [0.29, 0.717) is 0 Å². The molecule has 0 atom stereocenters. The summed E-state index contributed by atoms with van der Waals surface area (Å²) in [5.41, 5.74) is 8.29. The van der Waals surface area contributed by atoms with Crippen molar-refractivity contribution in [2.24, 2.45) is 0 Å². The lowest BCUT2D eigenvalue weighted by atomic mass is 10.0. The van der Waals surface area contributed by atoms with Crippen molar-refractivity contribution in [2.45, 2.75) is 27.2 Å². The van der Waals surface area contributed by atoms with Gasteiger partial charge in [-0.2, -0.15) is 0 Å². The topological polar surface area (TPSA) is 0 Å². The van der Waals surface area contributed by atoms with E-state index in [1.807, 2.05) is 6.08 Å². The Morgan fingerprint density at radius 3 is 2.75 bits per heavy atom. The van der Waals surface area contributed by atoms with Crippen molar-refractivity contribution in [3.05, 3.63) is 64.8 Å². The van der Waals surface area contributed by atoms with Crippen LogP contribution < -0.4 is 0 Å². The molecule has 0 unspecified atom stereocenters. The highest BCUT2D eigenvalue weighted by molar-refractivity contribution is 5.77. The Hall–Kier alpha value is -1.56. The standard InChI is InChI=1S/C16H18/c1-5-11(2)8-14-10-15-9-12(3)6-7-16(15)13(14)4/h5-9H,1,10H2,2-4H3/b11-8-. The Labute approximate surface area is 98.0 Å². The van der Waals surface area contributed by atoms with Gasteiger partial charge in [0, 0.05) is 0 Å². The van der Waals surface area contributed by atoms with Crippen LogP contribution in [-0.2, 0) is 6.42 Å². The van der Waals surface area contributed by atoms with Crippen LogP contribution in [0, 0.1) is 6.92 Å². The monoisotopic (exact) mass is 210 g/mol. The molecule has 0 bridgehead atoms. The molecule has 0 nitrogen and oxygen atoms in total. The average Bonchev–Trinajstić information content (AvgIpc) is 2.55. The molecule has 0 aromatic heterocycles. The smallest absolute Gasteiger partial charge is 0.00167 e. The minimum absolute atomic E-state index is 1.06. The number of allylic oxidation sites excluding steroid dienone is 5. The normalized spacial score (nSPS) is 15.3. The Balaban J connectivity index is 2.42.